The van der Waals surface area contributed by atoms with Gasteiger partial charge in [0.05, 0.1) is 18.4 Å². The first kappa shape index (κ1) is 15.9. The molecule has 4 nitrogen and oxygen atoms in total. The number of rotatable bonds is 6. The lowest BCUT2D eigenvalue weighted by atomic mass is 9.93. The van der Waals surface area contributed by atoms with E-state index >= 15 is 0 Å². The molecule has 1 atom stereocenters. The van der Waals surface area contributed by atoms with Gasteiger partial charge in [-0.05, 0) is 35.6 Å². The normalized spacial score (nSPS) is 12.2. The summed E-state index contributed by atoms with van der Waals surface area (Å²) in [5, 5.41) is 0. The number of ether oxygens (including phenoxy) is 1. The molecule has 106 valence electrons. The molecule has 0 amide bonds. The van der Waals surface area contributed by atoms with Crippen LogP contribution >= 0.6 is 0 Å². The zero-order valence-electron chi connectivity index (χ0n) is 11.6. The van der Waals surface area contributed by atoms with Gasteiger partial charge in [-0.15, -0.1) is 0 Å². The number of benzene rings is 1. The van der Waals surface area contributed by atoms with Crippen molar-refractivity contribution < 1.29 is 18.3 Å². The minimum atomic E-state index is -1.92. The second-order valence-electron chi connectivity index (χ2n) is 4.29. The Kier molecular flexibility index (Phi) is 6.18. The average Bonchev–Trinajstić information content (AvgIpc) is 2.39. The largest absolute Gasteiger partial charge is 0.465 e. The smallest absolute Gasteiger partial charge is 0.338 e. The second kappa shape index (κ2) is 7.40. The summed E-state index contributed by atoms with van der Waals surface area (Å²) >= 11 is -1.92. The van der Waals surface area contributed by atoms with E-state index in [1.807, 2.05) is 13.0 Å². The maximum atomic E-state index is 11.7. The molecule has 0 aliphatic carbocycles. The van der Waals surface area contributed by atoms with Crippen molar-refractivity contribution in [1.29, 1.82) is 0 Å². The lowest BCUT2D eigenvalue weighted by Crippen LogP contribution is -2.11. The molecule has 0 heterocycles. The zero-order chi connectivity index (χ0) is 14.4. The monoisotopic (exact) mass is 284 g/mol. The number of methoxy groups -OCH3 is 1. The van der Waals surface area contributed by atoms with Gasteiger partial charge in [-0.2, -0.15) is 0 Å². The third-order valence-electron chi connectivity index (χ3n) is 3.07. The van der Waals surface area contributed by atoms with Gasteiger partial charge < -0.3 is 9.29 Å². The first-order chi connectivity index (χ1) is 9.04. The summed E-state index contributed by atoms with van der Waals surface area (Å²) in [6.07, 6.45) is 2.42. The SMILES string of the molecule is CCCc1ccc(C(=O)OC)c(CC)c1CS(=O)O. The summed E-state index contributed by atoms with van der Waals surface area (Å²) in [7, 11) is 1.34. The average molecular weight is 284 g/mol. The van der Waals surface area contributed by atoms with Gasteiger partial charge in [0.2, 0.25) is 0 Å². The molecule has 1 aromatic rings. The molecule has 1 N–H and O–H groups in total. The number of carbonyl (C=O) groups excluding carboxylic acids is 1. The van der Waals surface area contributed by atoms with Gasteiger partial charge in [0.1, 0.15) is 0 Å². The van der Waals surface area contributed by atoms with Crippen molar-refractivity contribution in [2.75, 3.05) is 7.11 Å². The Morgan fingerprint density at radius 3 is 2.47 bits per heavy atom. The van der Waals surface area contributed by atoms with Crippen molar-refractivity contribution in [3.05, 3.63) is 34.4 Å². The molecule has 0 radical (unpaired) electrons. The Bertz CT molecular complexity index is 483. The molecule has 0 aliphatic rings. The minimum Gasteiger partial charge on any atom is -0.465 e. The predicted octanol–water partition coefficient (Wildman–Crippen LogP) is 2.71. The highest BCUT2D eigenvalue weighted by Gasteiger charge is 2.18. The molecular formula is C14H20O4S. The fraction of sp³-hybridized carbons (Fsp3) is 0.500. The highest BCUT2D eigenvalue weighted by Crippen LogP contribution is 2.23. The van der Waals surface area contributed by atoms with Crippen molar-refractivity contribution in [2.24, 2.45) is 0 Å². The van der Waals surface area contributed by atoms with E-state index in [1.54, 1.807) is 6.07 Å². The molecule has 19 heavy (non-hydrogen) atoms. The Hall–Kier alpha value is -1.20. The van der Waals surface area contributed by atoms with Crippen LogP contribution in [-0.2, 0) is 34.4 Å². The van der Waals surface area contributed by atoms with Crippen molar-refractivity contribution in [3.8, 4) is 0 Å². The topological polar surface area (TPSA) is 63.6 Å². The quantitative estimate of drug-likeness (QED) is 0.644. The maximum absolute atomic E-state index is 11.7. The fourth-order valence-corrected chi connectivity index (χ4v) is 2.86. The van der Waals surface area contributed by atoms with Crippen LogP contribution in [0.1, 0.15) is 47.3 Å². The summed E-state index contributed by atoms with van der Waals surface area (Å²) in [5.41, 5.74) is 3.16. The fourth-order valence-electron chi connectivity index (χ4n) is 2.25. The van der Waals surface area contributed by atoms with E-state index in [9.17, 15) is 9.00 Å². The van der Waals surface area contributed by atoms with Gasteiger partial charge in [0.25, 0.3) is 0 Å². The summed E-state index contributed by atoms with van der Waals surface area (Å²) in [6, 6.07) is 3.61. The third-order valence-corrected chi connectivity index (χ3v) is 3.61. The van der Waals surface area contributed by atoms with Crippen LogP contribution in [0.25, 0.3) is 0 Å². The summed E-state index contributed by atoms with van der Waals surface area (Å²) in [5.74, 6) is -0.339. The molecule has 1 aromatic carbocycles. The molecule has 0 aromatic heterocycles. The number of carbonyl (C=O) groups is 1. The maximum Gasteiger partial charge on any atom is 0.338 e. The van der Waals surface area contributed by atoms with E-state index in [1.165, 1.54) is 7.11 Å². The van der Waals surface area contributed by atoms with Crippen LogP contribution in [0.4, 0.5) is 0 Å². The molecular weight excluding hydrogens is 264 g/mol. The highest BCUT2D eigenvalue weighted by atomic mass is 32.2. The van der Waals surface area contributed by atoms with Crippen molar-refractivity contribution >= 4 is 17.0 Å². The number of esters is 1. The van der Waals surface area contributed by atoms with Gasteiger partial charge in [-0.3, -0.25) is 0 Å². The first-order valence-corrected chi connectivity index (χ1v) is 7.62. The molecule has 0 fully saturated rings. The van der Waals surface area contributed by atoms with Gasteiger partial charge in [0, 0.05) is 0 Å². The predicted molar refractivity (Wildman–Crippen MR) is 75.6 cm³/mol. The van der Waals surface area contributed by atoms with E-state index < -0.39 is 17.0 Å². The Balaban J connectivity index is 3.39. The lowest BCUT2D eigenvalue weighted by molar-refractivity contribution is 0.0599. The summed E-state index contributed by atoms with van der Waals surface area (Å²) < 4.78 is 25.1. The van der Waals surface area contributed by atoms with E-state index in [0.29, 0.717) is 12.0 Å². The minimum absolute atomic E-state index is 0.0589. The molecule has 1 unspecified atom stereocenters. The Morgan fingerprint density at radius 1 is 1.32 bits per heavy atom. The second-order valence-corrected chi connectivity index (χ2v) is 5.22. The van der Waals surface area contributed by atoms with Crippen LogP contribution in [0.3, 0.4) is 0 Å². The van der Waals surface area contributed by atoms with Crippen LogP contribution in [0, 0.1) is 0 Å². The van der Waals surface area contributed by atoms with E-state index in [2.05, 4.69) is 6.92 Å². The molecule has 0 bridgehead atoms. The molecule has 5 heteroatoms. The molecule has 0 spiro atoms. The van der Waals surface area contributed by atoms with Gasteiger partial charge >= 0.3 is 5.97 Å². The Labute approximate surface area is 116 Å². The van der Waals surface area contributed by atoms with Crippen LogP contribution in [0.15, 0.2) is 12.1 Å². The standard InChI is InChI=1S/C14H20O4S/c1-4-6-10-7-8-12(14(15)18-3)11(5-2)13(10)9-19(16)17/h7-8H,4-6,9H2,1-3H3,(H,16,17). The van der Waals surface area contributed by atoms with E-state index in [0.717, 1.165) is 29.5 Å². The molecule has 0 saturated carbocycles. The third kappa shape index (κ3) is 3.88. The van der Waals surface area contributed by atoms with Crippen LogP contribution in [0.5, 0.6) is 0 Å². The number of hydrogen-bond donors (Lipinski definition) is 1. The lowest BCUT2D eigenvalue weighted by Gasteiger charge is -2.15. The first-order valence-electron chi connectivity index (χ1n) is 6.34. The van der Waals surface area contributed by atoms with Crippen molar-refractivity contribution in [3.63, 3.8) is 0 Å². The molecule has 0 aliphatic heterocycles. The Morgan fingerprint density at radius 2 is 2.00 bits per heavy atom. The van der Waals surface area contributed by atoms with Crippen molar-refractivity contribution in [2.45, 2.75) is 38.9 Å². The van der Waals surface area contributed by atoms with E-state index in [-0.39, 0.29) is 5.75 Å². The van der Waals surface area contributed by atoms with Crippen LogP contribution in [0.2, 0.25) is 0 Å². The number of hydrogen-bond acceptors (Lipinski definition) is 3. The van der Waals surface area contributed by atoms with E-state index in [4.69, 9.17) is 9.29 Å². The van der Waals surface area contributed by atoms with Crippen LogP contribution < -0.4 is 0 Å². The molecule has 0 saturated heterocycles. The number of aryl methyl sites for hydroxylation is 1. The zero-order valence-corrected chi connectivity index (χ0v) is 12.4. The molecule has 1 rings (SSSR count). The van der Waals surface area contributed by atoms with Gasteiger partial charge in [-0.25, -0.2) is 9.00 Å². The van der Waals surface area contributed by atoms with Gasteiger partial charge in [0.15, 0.2) is 11.1 Å². The highest BCUT2D eigenvalue weighted by molar-refractivity contribution is 7.78. The van der Waals surface area contributed by atoms with Crippen molar-refractivity contribution in [1.82, 2.24) is 0 Å². The van der Waals surface area contributed by atoms with Crippen LogP contribution in [-0.4, -0.2) is 21.8 Å². The summed E-state index contributed by atoms with van der Waals surface area (Å²) in [4.78, 5) is 11.7. The summed E-state index contributed by atoms with van der Waals surface area (Å²) in [6.45, 7) is 3.99. The van der Waals surface area contributed by atoms with Gasteiger partial charge in [-0.1, -0.05) is 26.3 Å².